The van der Waals surface area contributed by atoms with Crippen LogP contribution in [0.4, 0.5) is 5.82 Å². The highest BCUT2D eigenvalue weighted by atomic mass is 79.9. The molecule has 0 saturated carbocycles. The highest BCUT2D eigenvalue weighted by Gasteiger charge is 2.20. The summed E-state index contributed by atoms with van der Waals surface area (Å²) in [4.78, 5) is 29.4. The van der Waals surface area contributed by atoms with Crippen LogP contribution < -0.4 is 5.32 Å². The third kappa shape index (κ3) is 6.66. The van der Waals surface area contributed by atoms with E-state index in [1.807, 2.05) is 12.1 Å². The largest absolute Gasteiger partial charge is 0.379 e. The molecule has 1 aliphatic heterocycles. The lowest BCUT2D eigenvalue weighted by atomic mass is 10.2. The topological polar surface area (TPSA) is 87.9 Å². The van der Waals surface area contributed by atoms with Crippen LogP contribution in [-0.4, -0.2) is 72.7 Å². The first-order valence-electron chi connectivity index (χ1n) is 9.59. The second-order valence-corrected chi connectivity index (χ2v) is 7.83. The number of benzene rings is 1. The number of nitrogens with one attached hydrogen (secondary N) is 1. The Hall–Kier alpha value is -2.23. The maximum Gasteiger partial charge on any atom is 0.254 e. The van der Waals surface area contributed by atoms with Gasteiger partial charge in [0.2, 0.25) is 5.91 Å². The molecule has 1 aliphatic rings. The number of aromatic nitrogens is 1. The Morgan fingerprint density at radius 3 is 2.76 bits per heavy atom. The number of carbonyl (C=O) groups is 2. The summed E-state index contributed by atoms with van der Waals surface area (Å²) in [6.07, 6.45) is 0.774. The molecule has 0 aliphatic carbocycles. The highest BCUT2D eigenvalue weighted by molar-refractivity contribution is 9.10. The summed E-state index contributed by atoms with van der Waals surface area (Å²) < 4.78 is 11.2. The average Bonchev–Trinajstić information content (AvgIpc) is 3.12. The third-order valence-electron chi connectivity index (χ3n) is 4.59. The van der Waals surface area contributed by atoms with Crippen LogP contribution in [0, 0.1) is 6.92 Å². The number of nitrogens with zero attached hydrogens (tertiary/aromatic N) is 3. The number of ether oxygens (including phenoxy) is 1. The number of carbonyl (C=O) groups excluding carboxylic acids is 2. The molecular formula is C20H25BrN4O4. The Morgan fingerprint density at radius 2 is 2.07 bits per heavy atom. The molecule has 156 valence electrons. The van der Waals surface area contributed by atoms with E-state index in [2.05, 4.69) is 31.3 Å². The van der Waals surface area contributed by atoms with E-state index in [0.29, 0.717) is 23.7 Å². The van der Waals surface area contributed by atoms with Crippen molar-refractivity contribution in [2.45, 2.75) is 13.3 Å². The van der Waals surface area contributed by atoms with E-state index in [9.17, 15) is 9.59 Å². The SMILES string of the molecule is Cc1cc(NC(=O)CN(CCCN2CCOCC2)C(=O)c2cccc(Br)c2)no1. The van der Waals surface area contributed by atoms with Gasteiger partial charge in [0, 0.05) is 42.3 Å². The van der Waals surface area contributed by atoms with E-state index in [-0.39, 0.29) is 18.4 Å². The van der Waals surface area contributed by atoms with Crippen molar-refractivity contribution >= 4 is 33.6 Å². The molecule has 8 nitrogen and oxygen atoms in total. The third-order valence-corrected chi connectivity index (χ3v) is 5.09. The van der Waals surface area contributed by atoms with Crippen LogP contribution in [-0.2, 0) is 9.53 Å². The van der Waals surface area contributed by atoms with Gasteiger partial charge in [0.1, 0.15) is 12.3 Å². The van der Waals surface area contributed by atoms with Gasteiger partial charge in [-0.15, -0.1) is 0 Å². The number of morpholine rings is 1. The van der Waals surface area contributed by atoms with Crippen molar-refractivity contribution in [3.8, 4) is 0 Å². The summed E-state index contributed by atoms with van der Waals surface area (Å²) in [5.74, 6) is 0.455. The van der Waals surface area contributed by atoms with Gasteiger partial charge < -0.3 is 19.5 Å². The molecular weight excluding hydrogens is 440 g/mol. The second kappa shape index (κ2) is 10.5. The van der Waals surface area contributed by atoms with Gasteiger partial charge >= 0.3 is 0 Å². The molecule has 2 amide bonds. The zero-order valence-corrected chi connectivity index (χ0v) is 18.0. The molecule has 2 aromatic rings. The van der Waals surface area contributed by atoms with Crippen molar-refractivity contribution in [3.63, 3.8) is 0 Å². The number of anilines is 1. The molecule has 0 unspecified atom stereocenters. The van der Waals surface area contributed by atoms with Crippen LogP contribution in [0.15, 0.2) is 39.3 Å². The Bertz CT molecular complexity index is 835. The van der Waals surface area contributed by atoms with E-state index in [1.54, 1.807) is 30.0 Å². The lowest BCUT2D eigenvalue weighted by molar-refractivity contribution is -0.117. The minimum atomic E-state index is -0.312. The lowest BCUT2D eigenvalue weighted by Gasteiger charge is -2.28. The zero-order chi connectivity index (χ0) is 20.6. The summed E-state index contributed by atoms with van der Waals surface area (Å²) in [7, 11) is 0. The smallest absolute Gasteiger partial charge is 0.254 e. The summed E-state index contributed by atoms with van der Waals surface area (Å²) in [5.41, 5.74) is 0.538. The summed E-state index contributed by atoms with van der Waals surface area (Å²) in [6, 6.07) is 8.81. The Balaban J connectivity index is 1.62. The molecule has 1 aromatic carbocycles. The van der Waals surface area contributed by atoms with Crippen molar-refractivity contribution in [1.82, 2.24) is 15.0 Å². The number of hydrogen-bond acceptors (Lipinski definition) is 6. The fourth-order valence-electron chi connectivity index (χ4n) is 3.15. The van der Waals surface area contributed by atoms with E-state index >= 15 is 0 Å². The molecule has 1 fully saturated rings. The van der Waals surface area contributed by atoms with Crippen molar-refractivity contribution < 1.29 is 18.8 Å². The fraction of sp³-hybridized carbons (Fsp3) is 0.450. The van der Waals surface area contributed by atoms with Crippen LogP contribution in [0.3, 0.4) is 0 Å². The number of halogens is 1. The van der Waals surface area contributed by atoms with Crippen LogP contribution in [0.2, 0.25) is 0 Å². The first-order valence-corrected chi connectivity index (χ1v) is 10.4. The number of hydrogen-bond donors (Lipinski definition) is 1. The van der Waals surface area contributed by atoms with Crippen LogP contribution in [0.5, 0.6) is 0 Å². The van der Waals surface area contributed by atoms with Gasteiger partial charge in [-0.2, -0.15) is 0 Å². The van der Waals surface area contributed by atoms with Crippen LogP contribution >= 0.6 is 15.9 Å². The Kier molecular flexibility index (Phi) is 7.79. The van der Waals surface area contributed by atoms with Gasteiger partial charge in [-0.05, 0) is 31.5 Å². The normalized spacial score (nSPS) is 14.6. The van der Waals surface area contributed by atoms with Gasteiger partial charge in [0.15, 0.2) is 5.82 Å². The van der Waals surface area contributed by atoms with E-state index in [1.165, 1.54) is 0 Å². The van der Waals surface area contributed by atoms with Crippen LogP contribution in [0.1, 0.15) is 22.5 Å². The standard InChI is InChI=1S/C20H25BrN4O4/c1-15-12-18(23-29-15)22-19(26)14-25(7-3-6-24-8-10-28-11-9-24)20(27)16-4-2-5-17(21)13-16/h2,4-5,12-13H,3,6-11,14H2,1H3,(H,22,23,26). The molecule has 0 radical (unpaired) electrons. The predicted octanol–water partition coefficient (Wildman–Crippen LogP) is 2.55. The van der Waals surface area contributed by atoms with Gasteiger partial charge in [-0.3, -0.25) is 14.5 Å². The second-order valence-electron chi connectivity index (χ2n) is 6.92. The first kappa shape index (κ1) is 21.5. The van der Waals surface area contributed by atoms with E-state index in [4.69, 9.17) is 9.26 Å². The molecule has 0 atom stereocenters. The van der Waals surface area contributed by atoms with Crippen molar-refractivity contribution in [2.24, 2.45) is 0 Å². The molecule has 29 heavy (non-hydrogen) atoms. The van der Waals surface area contributed by atoms with Crippen molar-refractivity contribution in [3.05, 3.63) is 46.1 Å². The zero-order valence-electron chi connectivity index (χ0n) is 16.4. The maximum atomic E-state index is 13.0. The number of rotatable bonds is 8. The number of aryl methyl sites for hydroxylation is 1. The lowest BCUT2D eigenvalue weighted by Crippen LogP contribution is -2.41. The molecule has 9 heteroatoms. The maximum absolute atomic E-state index is 13.0. The summed E-state index contributed by atoms with van der Waals surface area (Å²) in [6.45, 7) is 6.29. The quantitative estimate of drug-likeness (QED) is 0.645. The molecule has 1 saturated heterocycles. The molecule has 0 bridgehead atoms. The molecule has 1 aromatic heterocycles. The average molecular weight is 465 g/mol. The minimum absolute atomic E-state index is 0.0552. The Morgan fingerprint density at radius 1 is 1.28 bits per heavy atom. The van der Waals surface area contributed by atoms with E-state index in [0.717, 1.165) is 43.7 Å². The summed E-state index contributed by atoms with van der Waals surface area (Å²) >= 11 is 3.39. The first-order chi connectivity index (χ1) is 14.0. The fourth-order valence-corrected chi connectivity index (χ4v) is 3.55. The molecule has 1 N–H and O–H groups in total. The van der Waals surface area contributed by atoms with Gasteiger partial charge in [-0.25, -0.2) is 0 Å². The predicted molar refractivity (Wildman–Crippen MR) is 112 cm³/mol. The van der Waals surface area contributed by atoms with Crippen molar-refractivity contribution in [1.29, 1.82) is 0 Å². The van der Waals surface area contributed by atoms with Crippen LogP contribution in [0.25, 0.3) is 0 Å². The number of amides is 2. The monoisotopic (exact) mass is 464 g/mol. The molecule has 3 rings (SSSR count). The van der Waals surface area contributed by atoms with E-state index < -0.39 is 0 Å². The summed E-state index contributed by atoms with van der Waals surface area (Å²) in [5, 5.41) is 6.44. The minimum Gasteiger partial charge on any atom is -0.379 e. The van der Waals surface area contributed by atoms with Crippen molar-refractivity contribution in [2.75, 3.05) is 51.3 Å². The van der Waals surface area contributed by atoms with Gasteiger partial charge in [0.05, 0.1) is 13.2 Å². The molecule has 0 spiro atoms. The van der Waals surface area contributed by atoms with Gasteiger partial charge in [-0.1, -0.05) is 27.2 Å². The highest BCUT2D eigenvalue weighted by Crippen LogP contribution is 2.14. The Labute approximate surface area is 178 Å². The van der Waals surface area contributed by atoms with Gasteiger partial charge in [0.25, 0.3) is 5.91 Å². The molecule has 2 heterocycles.